The van der Waals surface area contributed by atoms with E-state index in [2.05, 4.69) is 4.90 Å². The van der Waals surface area contributed by atoms with Crippen molar-refractivity contribution in [2.45, 2.75) is 64.3 Å². The third-order valence-electron chi connectivity index (χ3n) is 4.38. The van der Waals surface area contributed by atoms with Gasteiger partial charge in [-0.05, 0) is 40.2 Å². The van der Waals surface area contributed by atoms with Gasteiger partial charge in [0.15, 0.2) is 0 Å². The highest BCUT2D eigenvalue weighted by Crippen LogP contribution is 2.19. The zero-order valence-corrected chi connectivity index (χ0v) is 14.3. The van der Waals surface area contributed by atoms with Crippen LogP contribution in [0.4, 0.5) is 0 Å². The van der Waals surface area contributed by atoms with E-state index in [1.165, 1.54) is 12.8 Å². The summed E-state index contributed by atoms with van der Waals surface area (Å²) in [7, 11) is 0. The maximum absolute atomic E-state index is 12.5. The van der Waals surface area contributed by atoms with E-state index in [9.17, 15) is 4.79 Å². The van der Waals surface area contributed by atoms with Crippen LogP contribution >= 0.6 is 12.4 Å². The molecule has 0 aliphatic carbocycles. The minimum Gasteiger partial charge on any atom is -0.372 e. The van der Waals surface area contributed by atoms with Gasteiger partial charge in [0.1, 0.15) is 0 Å². The topological polar surface area (TPSA) is 58.8 Å². The number of carbonyl (C=O) groups is 1. The van der Waals surface area contributed by atoms with Crippen molar-refractivity contribution in [2.75, 3.05) is 26.2 Å². The summed E-state index contributed by atoms with van der Waals surface area (Å²) in [5.74, 6) is 0.222. The second-order valence-corrected chi connectivity index (χ2v) is 6.45. The van der Waals surface area contributed by atoms with Crippen LogP contribution < -0.4 is 5.73 Å². The highest BCUT2D eigenvalue weighted by Gasteiger charge is 2.31. The number of amides is 1. The zero-order chi connectivity index (χ0) is 14.7. The fraction of sp³-hybridized carbons (Fsp3) is 0.933. The maximum Gasteiger partial charge on any atom is 0.236 e. The Morgan fingerprint density at radius 3 is 2.48 bits per heavy atom. The number of rotatable bonds is 3. The highest BCUT2D eigenvalue weighted by atomic mass is 35.5. The number of carbonyl (C=O) groups excluding carboxylic acids is 1. The molecule has 1 amide bonds. The van der Waals surface area contributed by atoms with Gasteiger partial charge in [0.25, 0.3) is 0 Å². The summed E-state index contributed by atoms with van der Waals surface area (Å²) in [4.78, 5) is 16.7. The lowest BCUT2D eigenvalue weighted by Gasteiger charge is -2.40. The molecule has 21 heavy (non-hydrogen) atoms. The van der Waals surface area contributed by atoms with Crippen molar-refractivity contribution in [2.24, 2.45) is 5.73 Å². The van der Waals surface area contributed by atoms with Crippen LogP contribution in [-0.4, -0.2) is 66.2 Å². The SMILES string of the molecule is CC1CN(C(=O)CN2CCCCC2C(C)N)CC(C)O1.Cl. The van der Waals surface area contributed by atoms with Crippen molar-refractivity contribution in [3.63, 3.8) is 0 Å². The first-order valence-electron chi connectivity index (χ1n) is 7.90. The van der Waals surface area contributed by atoms with Crippen molar-refractivity contribution in [1.82, 2.24) is 9.80 Å². The Morgan fingerprint density at radius 2 is 1.90 bits per heavy atom. The summed E-state index contributed by atoms with van der Waals surface area (Å²) < 4.78 is 5.69. The molecular weight excluding hydrogens is 290 g/mol. The molecule has 0 saturated carbocycles. The van der Waals surface area contributed by atoms with Gasteiger partial charge >= 0.3 is 0 Å². The van der Waals surface area contributed by atoms with E-state index in [1.54, 1.807) is 0 Å². The van der Waals surface area contributed by atoms with Crippen molar-refractivity contribution in [3.8, 4) is 0 Å². The lowest BCUT2D eigenvalue weighted by atomic mass is 9.97. The molecule has 0 bridgehead atoms. The van der Waals surface area contributed by atoms with Gasteiger partial charge < -0.3 is 15.4 Å². The van der Waals surface area contributed by atoms with Crippen LogP contribution in [0.1, 0.15) is 40.0 Å². The van der Waals surface area contributed by atoms with Crippen LogP contribution in [0.15, 0.2) is 0 Å². The normalized spacial score (nSPS) is 32.4. The molecular formula is C15H30ClN3O2. The Bertz CT molecular complexity index is 331. The van der Waals surface area contributed by atoms with E-state index >= 15 is 0 Å². The summed E-state index contributed by atoms with van der Waals surface area (Å²) >= 11 is 0. The van der Waals surface area contributed by atoms with Gasteiger partial charge in [-0.3, -0.25) is 9.69 Å². The number of halogens is 1. The third kappa shape index (κ3) is 5.09. The molecule has 2 aliphatic heterocycles. The molecule has 124 valence electrons. The first-order valence-corrected chi connectivity index (χ1v) is 7.90. The molecule has 0 aromatic rings. The lowest BCUT2D eigenvalue weighted by Crippen LogP contribution is -2.55. The Kier molecular flexibility index (Phi) is 7.40. The van der Waals surface area contributed by atoms with E-state index in [0.29, 0.717) is 25.7 Å². The average Bonchev–Trinajstić information content (AvgIpc) is 2.37. The van der Waals surface area contributed by atoms with Crippen LogP contribution in [0.2, 0.25) is 0 Å². The Hall–Kier alpha value is -0.360. The second-order valence-electron chi connectivity index (χ2n) is 6.45. The van der Waals surface area contributed by atoms with Gasteiger partial charge in [0, 0.05) is 25.2 Å². The van der Waals surface area contributed by atoms with Crippen molar-refractivity contribution >= 4 is 18.3 Å². The first-order chi connectivity index (χ1) is 9.47. The zero-order valence-electron chi connectivity index (χ0n) is 13.5. The molecule has 4 unspecified atom stereocenters. The number of morpholine rings is 1. The van der Waals surface area contributed by atoms with E-state index in [4.69, 9.17) is 10.5 Å². The summed E-state index contributed by atoms with van der Waals surface area (Å²) in [5.41, 5.74) is 6.07. The molecule has 0 radical (unpaired) electrons. The molecule has 5 nitrogen and oxygen atoms in total. The molecule has 4 atom stereocenters. The van der Waals surface area contributed by atoms with Gasteiger partial charge in [-0.15, -0.1) is 12.4 Å². The third-order valence-corrected chi connectivity index (χ3v) is 4.38. The number of hydrogen-bond donors (Lipinski definition) is 1. The molecule has 0 spiro atoms. The number of nitrogens with two attached hydrogens (primary N) is 1. The molecule has 2 aliphatic rings. The largest absolute Gasteiger partial charge is 0.372 e. The average molecular weight is 320 g/mol. The van der Waals surface area contributed by atoms with E-state index in [1.807, 2.05) is 25.7 Å². The lowest BCUT2D eigenvalue weighted by molar-refractivity contribution is -0.145. The van der Waals surface area contributed by atoms with Crippen LogP contribution in [0.5, 0.6) is 0 Å². The molecule has 2 saturated heterocycles. The fourth-order valence-electron chi connectivity index (χ4n) is 3.46. The first kappa shape index (κ1) is 18.7. The Labute approximate surface area is 134 Å². The van der Waals surface area contributed by atoms with Crippen LogP contribution in [0.3, 0.4) is 0 Å². The predicted molar refractivity (Wildman–Crippen MR) is 86.7 cm³/mol. The molecule has 0 aromatic carbocycles. The summed E-state index contributed by atoms with van der Waals surface area (Å²) in [5, 5.41) is 0. The van der Waals surface area contributed by atoms with Crippen molar-refractivity contribution in [1.29, 1.82) is 0 Å². The summed E-state index contributed by atoms with van der Waals surface area (Å²) in [6, 6.07) is 0.481. The number of likely N-dealkylation sites (tertiary alicyclic amines) is 1. The smallest absolute Gasteiger partial charge is 0.236 e. The maximum atomic E-state index is 12.5. The standard InChI is InChI=1S/C15H29N3O2.ClH/c1-11-8-18(9-12(2)20-11)15(19)10-17-7-5-4-6-14(17)13(3)16;/h11-14H,4-10,16H2,1-3H3;1H. The molecule has 2 fully saturated rings. The Balaban J connectivity index is 0.00000220. The van der Waals surface area contributed by atoms with Crippen molar-refractivity contribution in [3.05, 3.63) is 0 Å². The minimum absolute atomic E-state index is 0. The molecule has 2 rings (SSSR count). The number of nitrogens with zero attached hydrogens (tertiary/aromatic N) is 2. The molecule has 2 heterocycles. The van der Waals surface area contributed by atoms with Gasteiger partial charge in [-0.2, -0.15) is 0 Å². The monoisotopic (exact) mass is 319 g/mol. The predicted octanol–water partition coefficient (Wildman–Crippen LogP) is 1.25. The minimum atomic E-state index is 0. The number of hydrogen-bond acceptors (Lipinski definition) is 4. The van der Waals surface area contributed by atoms with Crippen LogP contribution in [0, 0.1) is 0 Å². The van der Waals surface area contributed by atoms with E-state index < -0.39 is 0 Å². The Morgan fingerprint density at radius 1 is 1.29 bits per heavy atom. The number of piperidine rings is 1. The quantitative estimate of drug-likeness (QED) is 0.850. The van der Waals surface area contributed by atoms with Gasteiger partial charge in [0.05, 0.1) is 18.8 Å². The van der Waals surface area contributed by atoms with Crippen LogP contribution in [0.25, 0.3) is 0 Å². The van der Waals surface area contributed by atoms with Gasteiger partial charge in [0.2, 0.25) is 5.91 Å². The molecule has 2 N–H and O–H groups in total. The molecule has 6 heteroatoms. The summed E-state index contributed by atoms with van der Waals surface area (Å²) in [6.45, 7) is 9.02. The van der Waals surface area contributed by atoms with Gasteiger partial charge in [-0.1, -0.05) is 6.42 Å². The van der Waals surface area contributed by atoms with Crippen molar-refractivity contribution < 1.29 is 9.53 Å². The van der Waals surface area contributed by atoms with E-state index in [0.717, 1.165) is 13.0 Å². The van der Waals surface area contributed by atoms with E-state index in [-0.39, 0.29) is 36.6 Å². The highest BCUT2D eigenvalue weighted by molar-refractivity contribution is 5.85. The fourth-order valence-corrected chi connectivity index (χ4v) is 3.46. The number of ether oxygens (including phenoxy) is 1. The summed E-state index contributed by atoms with van der Waals surface area (Å²) in [6.07, 6.45) is 3.78. The molecule has 0 aromatic heterocycles. The van der Waals surface area contributed by atoms with Crippen LogP contribution in [-0.2, 0) is 9.53 Å². The second kappa shape index (κ2) is 8.32. The van der Waals surface area contributed by atoms with Gasteiger partial charge in [-0.25, -0.2) is 0 Å².